The Bertz CT molecular complexity index is 415. The lowest BCUT2D eigenvalue weighted by atomic mass is 10.0. The molecule has 0 saturated heterocycles. The zero-order valence-corrected chi connectivity index (χ0v) is 9.59. The molecular weight excluding hydrogens is 206 g/mol. The molecule has 86 valence electrons. The second-order valence-electron chi connectivity index (χ2n) is 3.83. The smallest absolute Gasteiger partial charge is 0.221 e. The van der Waals surface area contributed by atoms with Gasteiger partial charge >= 0.3 is 0 Å². The number of carbonyl (C=O) groups excluding carboxylic acids is 2. The van der Waals surface area contributed by atoms with Crippen LogP contribution in [0, 0.1) is 13.8 Å². The van der Waals surface area contributed by atoms with Crippen LogP contribution < -0.4 is 10.4 Å². The van der Waals surface area contributed by atoms with Gasteiger partial charge in [0.1, 0.15) is 0 Å². The molecule has 0 radical (unpaired) electrons. The highest BCUT2D eigenvalue weighted by molar-refractivity contribution is 5.90. The van der Waals surface area contributed by atoms with E-state index in [0.717, 1.165) is 16.8 Å². The van der Waals surface area contributed by atoms with Gasteiger partial charge in [-0.3, -0.25) is 4.79 Å². The monoisotopic (exact) mass is 220 g/mol. The molecule has 0 fully saturated rings. The van der Waals surface area contributed by atoms with Crippen molar-refractivity contribution in [3.8, 4) is 0 Å². The number of rotatable bonds is 3. The summed E-state index contributed by atoms with van der Waals surface area (Å²) in [6.07, 6.45) is -0.109. The lowest BCUT2D eigenvalue weighted by Crippen LogP contribution is -2.24. The normalized spacial score (nSPS) is 9.94. The number of carboxylic acids is 1. The molecule has 0 aliphatic carbocycles. The molecule has 1 amide bonds. The third-order valence-electron chi connectivity index (χ3n) is 2.24. The third kappa shape index (κ3) is 3.08. The molecule has 4 nitrogen and oxygen atoms in total. The maximum atomic E-state index is 11.0. The summed E-state index contributed by atoms with van der Waals surface area (Å²) in [6, 6.07) is 3.49. The minimum Gasteiger partial charge on any atom is -0.550 e. The quantitative estimate of drug-likeness (QED) is 0.809. The summed E-state index contributed by atoms with van der Waals surface area (Å²) >= 11 is 0. The number of hydrogen-bond donors (Lipinski definition) is 1. The van der Waals surface area contributed by atoms with E-state index in [0.29, 0.717) is 5.56 Å². The van der Waals surface area contributed by atoms with E-state index in [1.165, 1.54) is 6.92 Å². The number of carboxylic acid groups (broad SMARTS) is 1. The predicted molar refractivity (Wildman–Crippen MR) is 58.9 cm³/mol. The van der Waals surface area contributed by atoms with E-state index in [-0.39, 0.29) is 12.3 Å². The zero-order valence-electron chi connectivity index (χ0n) is 9.59. The molecule has 0 spiro atoms. The maximum Gasteiger partial charge on any atom is 0.221 e. The van der Waals surface area contributed by atoms with E-state index in [9.17, 15) is 14.7 Å². The SMILES string of the molecule is CC(=O)Nc1c(C)cc(CC(=O)[O-])cc1C. The molecule has 4 heteroatoms. The Morgan fingerprint density at radius 2 is 1.75 bits per heavy atom. The average molecular weight is 220 g/mol. The highest BCUT2D eigenvalue weighted by atomic mass is 16.4. The molecule has 1 aromatic carbocycles. The number of anilines is 1. The van der Waals surface area contributed by atoms with Crippen molar-refractivity contribution in [3.05, 3.63) is 28.8 Å². The Balaban J connectivity index is 3.06. The molecule has 0 aliphatic rings. The van der Waals surface area contributed by atoms with Crippen molar-refractivity contribution in [1.29, 1.82) is 0 Å². The van der Waals surface area contributed by atoms with E-state index < -0.39 is 5.97 Å². The van der Waals surface area contributed by atoms with Crippen LogP contribution in [-0.4, -0.2) is 11.9 Å². The number of aliphatic carboxylic acids is 1. The van der Waals surface area contributed by atoms with Gasteiger partial charge in [0.05, 0.1) is 0 Å². The van der Waals surface area contributed by atoms with Crippen molar-refractivity contribution in [1.82, 2.24) is 0 Å². The van der Waals surface area contributed by atoms with Gasteiger partial charge in [0.15, 0.2) is 0 Å². The lowest BCUT2D eigenvalue weighted by molar-refractivity contribution is -0.304. The molecule has 0 aromatic heterocycles. The van der Waals surface area contributed by atoms with Gasteiger partial charge < -0.3 is 15.2 Å². The van der Waals surface area contributed by atoms with Gasteiger partial charge in [-0.05, 0) is 30.5 Å². The Hall–Kier alpha value is -1.84. The maximum absolute atomic E-state index is 11.0. The standard InChI is InChI=1S/C12H15NO3/c1-7-4-10(6-11(15)16)5-8(2)12(7)13-9(3)14/h4-5H,6H2,1-3H3,(H,13,14)(H,15,16)/p-1. The van der Waals surface area contributed by atoms with Gasteiger partial charge in [0, 0.05) is 25.0 Å². The first-order valence-corrected chi connectivity index (χ1v) is 4.97. The van der Waals surface area contributed by atoms with Crippen LogP contribution in [0.5, 0.6) is 0 Å². The second kappa shape index (κ2) is 4.79. The Morgan fingerprint density at radius 3 is 2.12 bits per heavy atom. The van der Waals surface area contributed by atoms with Crippen molar-refractivity contribution < 1.29 is 14.7 Å². The summed E-state index contributed by atoms with van der Waals surface area (Å²) in [6.45, 7) is 5.10. The van der Waals surface area contributed by atoms with E-state index >= 15 is 0 Å². The van der Waals surface area contributed by atoms with E-state index in [4.69, 9.17) is 0 Å². The van der Waals surface area contributed by atoms with Gasteiger partial charge in [-0.2, -0.15) is 0 Å². The summed E-state index contributed by atoms with van der Waals surface area (Å²) in [5, 5.41) is 13.2. The summed E-state index contributed by atoms with van der Waals surface area (Å²) in [7, 11) is 0. The molecule has 0 atom stereocenters. The fraction of sp³-hybridized carbons (Fsp3) is 0.333. The summed E-state index contributed by atoms with van der Waals surface area (Å²) < 4.78 is 0. The lowest BCUT2D eigenvalue weighted by Gasteiger charge is -2.13. The fourth-order valence-corrected chi connectivity index (χ4v) is 1.70. The first-order chi connectivity index (χ1) is 7.40. The molecule has 0 heterocycles. The van der Waals surface area contributed by atoms with Crippen LogP contribution in [0.1, 0.15) is 23.6 Å². The fourth-order valence-electron chi connectivity index (χ4n) is 1.70. The summed E-state index contributed by atoms with van der Waals surface area (Å²) in [5.41, 5.74) is 3.14. The number of benzene rings is 1. The van der Waals surface area contributed by atoms with E-state index in [1.807, 2.05) is 13.8 Å². The number of aryl methyl sites for hydroxylation is 2. The first-order valence-electron chi connectivity index (χ1n) is 4.97. The van der Waals surface area contributed by atoms with Gasteiger partial charge in [-0.25, -0.2) is 0 Å². The molecule has 0 aliphatic heterocycles. The summed E-state index contributed by atoms with van der Waals surface area (Å²) in [5.74, 6) is -1.25. The molecule has 1 aromatic rings. The Kier molecular flexibility index (Phi) is 3.66. The number of carbonyl (C=O) groups is 2. The number of nitrogens with one attached hydrogen (secondary N) is 1. The Labute approximate surface area is 94.3 Å². The number of amides is 1. The highest BCUT2D eigenvalue weighted by Gasteiger charge is 2.06. The highest BCUT2D eigenvalue weighted by Crippen LogP contribution is 2.22. The van der Waals surface area contributed by atoms with Crippen molar-refractivity contribution in [2.24, 2.45) is 0 Å². The molecular formula is C12H14NO3-. The minimum atomic E-state index is -1.11. The van der Waals surface area contributed by atoms with E-state index in [2.05, 4.69) is 5.32 Å². The Morgan fingerprint density at radius 1 is 1.25 bits per heavy atom. The van der Waals surface area contributed by atoms with Crippen LogP contribution in [0.2, 0.25) is 0 Å². The summed E-state index contributed by atoms with van der Waals surface area (Å²) in [4.78, 5) is 21.4. The molecule has 0 saturated carbocycles. The van der Waals surface area contributed by atoms with Crippen molar-refractivity contribution in [3.63, 3.8) is 0 Å². The topological polar surface area (TPSA) is 69.2 Å². The second-order valence-corrected chi connectivity index (χ2v) is 3.83. The van der Waals surface area contributed by atoms with Gasteiger partial charge in [-0.1, -0.05) is 12.1 Å². The molecule has 16 heavy (non-hydrogen) atoms. The van der Waals surface area contributed by atoms with Crippen LogP contribution >= 0.6 is 0 Å². The van der Waals surface area contributed by atoms with Gasteiger partial charge in [-0.15, -0.1) is 0 Å². The van der Waals surface area contributed by atoms with E-state index in [1.54, 1.807) is 12.1 Å². The average Bonchev–Trinajstić information content (AvgIpc) is 2.10. The van der Waals surface area contributed by atoms with Crippen LogP contribution in [0.15, 0.2) is 12.1 Å². The van der Waals surface area contributed by atoms with Crippen LogP contribution in [0.25, 0.3) is 0 Å². The third-order valence-corrected chi connectivity index (χ3v) is 2.24. The molecule has 0 unspecified atom stereocenters. The minimum absolute atomic E-state index is 0.109. The van der Waals surface area contributed by atoms with Gasteiger partial charge in [0.2, 0.25) is 5.91 Å². The molecule has 1 N–H and O–H groups in total. The molecule has 0 bridgehead atoms. The van der Waals surface area contributed by atoms with Crippen molar-refractivity contribution >= 4 is 17.6 Å². The van der Waals surface area contributed by atoms with Crippen LogP contribution in [0.3, 0.4) is 0 Å². The van der Waals surface area contributed by atoms with Crippen molar-refractivity contribution in [2.75, 3.05) is 5.32 Å². The first kappa shape index (κ1) is 12.2. The van der Waals surface area contributed by atoms with Gasteiger partial charge in [0.25, 0.3) is 0 Å². The van der Waals surface area contributed by atoms with Crippen molar-refractivity contribution in [2.45, 2.75) is 27.2 Å². The largest absolute Gasteiger partial charge is 0.550 e. The zero-order chi connectivity index (χ0) is 12.3. The van der Waals surface area contributed by atoms with Crippen LogP contribution in [-0.2, 0) is 16.0 Å². The van der Waals surface area contributed by atoms with Crippen LogP contribution in [0.4, 0.5) is 5.69 Å². The number of hydrogen-bond acceptors (Lipinski definition) is 3. The molecule has 1 rings (SSSR count). The predicted octanol–water partition coefficient (Wildman–Crippen LogP) is 0.554.